The van der Waals surface area contributed by atoms with Gasteiger partial charge >= 0.3 is 0 Å². The average Bonchev–Trinajstić information content (AvgIpc) is 2.57. The summed E-state index contributed by atoms with van der Waals surface area (Å²) in [7, 11) is 0. The Bertz CT molecular complexity index is 704. The summed E-state index contributed by atoms with van der Waals surface area (Å²) in [6.45, 7) is 2.61. The molecule has 2 N–H and O–H groups in total. The fourth-order valence-electron chi connectivity index (χ4n) is 1.93. The largest absolute Gasteiger partial charge is 0.352 e. The number of para-hydroxylation sites is 1. The highest BCUT2D eigenvalue weighted by atomic mass is 19.1. The third-order valence-corrected chi connectivity index (χ3v) is 3.19. The third kappa shape index (κ3) is 4.60. The highest BCUT2D eigenvalue weighted by Crippen LogP contribution is 2.13. The minimum atomic E-state index is -0.571. The summed E-state index contributed by atoms with van der Waals surface area (Å²) in [5, 5.41) is 5.20. The van der Waals surface area contributed by atoms with Crippen molar-refractivity contribution in [3.05, 3.63) is 59.7 Å². The molecule has 0 saturated heterocycles. The molecule has 1 aromatic carbocycles. The first kappa shape index (κ1) is 16.6. The number of amides is 2. The van der Waals surface area contributed by atoms with Crippen LogP contribution in [0.2, 0.25) is 0 Å². The summed E-state index contributed by atoms with van der Waals surface area (Å²) in [6, 6.07) is 8.77. The Hall–Kier alpha value is -2.76. The fourth-order valence-corrected chi connectivity index (χ4v) is 1.93. The minimum Gasteiger partial charge on any atom is -0.352 e. The van der Waals surface area contributed by atoms with E-state index < -0.39 is 11.7 Å². The Kier molecular flexibility index (Phi) is 5.80. The van der Waals surface area contributed by atoms with Crippen LogP contribution in [0.1, 0.15) is 40.6 Å². The predicted molar refractivity (Wildman–Crippen MR) is 85.8 cm³/mol. The molecule has 6 heteroatoms. The molecule has 2 rings (SSSR count). The standard InChI is InChI=1S/C17H18FN3O2/c1-2-3-9-20-16(22)12-8-10-19-15(11-12)17(23)21-14-7-5-4-6-13(14)18/h4-8,10-11H,2-3,9H2,1H3,(H,20,22)(H,21,23). The monoisotopic (exact) mass is 315 g/mol. The van der Waals surface area contributed by atoms with Crippen LogP contribution < -0.4 is 10.6 Å². The van der Waals surface area contributed by atoms with Crippen LogP contribution in [-0.2, 0) is 0 Å². The first-order chi connectivity index (χ1) is 11.1. The lowest BCUT2D eigenvalue weighted by atomic mass is 10.2. The number of carbonyl (C=O) groups excluding carboxylic acids is 2. The second-order valence-electron chi connectivity index (χ2n) is 4.97. The van der Waals surface area contributed by atoms with Crippen LogP contribution in [-0.4, -0.2) is 23.3 Å². The lowest BCUT2D eigenvalue weighted by Crippen LogP contribution is -2.25. The Morgan fingerprint density at radius 1 is 1.17 bits per heavy atom. The number of hydrogen-bond donors (Lipinski definition) is 2. The van der Waals surface area contributed by atoms with Crippen molar-refractivity contribution < 1.29 is 14.0 Å². The summed E-state index contributed by atoms with van der Waals surface area (Å²) >= 11 is 0. The Morgan fingerprint density at radius 2 is 1.96 bits per heavy atom. The van der Waals surface area contributed by atoms with Gasteiger partial charge in [-0.25, -0.2) is 4.39 Å². The van der Waals surface area contributed by atoms with Crippen LogP contribution in [0.15, 0.2) is 42.6 Å². The lowest BCUT2D eigenvalue weighted by Gasteiger charge is -2.07. The molecule has 1 aromatic heterocycles. The van der Waals surface area contributed by atoms with Crippen molar-refractivity contribution in [3.8, 4) is 0 Å². The molecule has 2 aromatic rings. The molecule has 0 fully saturated rings. The van der Waals surface area contributed by atoms with Gasteiger partial charge in [0.15, 0.2) is 0 Å². The van der Waals surface area contributed by atoms with Gasteiger partial charge in [-0.2, -0.15) is 0 Å². The van der Waals surface area contributed by atoms with E-state index in [2.05, 4.69) is 15.6 Å². The van der Waals surface area contributed by atoms with Gasteiger partial charge < -0.3 is 10.6 Å². The number of rotatable bonds is 6. The summed E-state index contributed by atoms with van der Waals surface area (Å²) in [6.07, 6.45) is 3.25. The first-order valence-electron chi connectivity index (χ1n) is 7.42. The molecule has 0 aliphatic heterocycles. The highest BCUT2D eigenvalue weighted by Gasteiger charge is 2.13. The topological polar surface area (TPSA) is 71.1 Å². The molecular formula is C17H18FN3O2. The quantitative estimate of drug-likeness (QED) is 0.805. The van der Waals surface area contributed by atoms with Crippen molar-refractivity contribution in [2.45, 2.75) is 19.8 Å². The molecular weight excluding hydrogens is 297 g/mol. The molecule has 0 bridgehead atoms. The third-order valence-electron chi connectivity index (χ3n) is 3.19. The summed E-state index contributed by atoms with van der Waals surface area (Å²) < 4.78 is 13.5. The molecule has 0 saturated carbocycles. The Morgan fingerprint density at radius 3 is 2.70 bits per heavy atom. The predicted octanol–water partition coefficient (Wildman–Crippen LogP) is 3.00. The van der Waals surface area contributed by atoms with Crippen molar-refractivity contribution in [2.75, 3.05) is 11.9 Å². The van der Waals surface area contributed by atoms with Crippen LogP contribution >= 0.6 is 0 Å². The normalized spacial score (nSPS) is 10.2. The van der Waals surface area contributed by atoms with E-state index in [-0.39, 0.29) is 17.3 Å². The highest BCUT2D eigenvalue weighted by molar-refractivity contribution is 6.04. The summed E-state index contributed by atoms with van der Waals surface area (Å²) in [5.74, 6) is -1.37. The molecule has 0 unspecified atom stereocenters. The number of halogens is 1. The van der Waals surface area contributed by atoms with E-state index in [9.17, 15) is 14.0 Å². The van der Waals surface area contributed by atoms with Crippen molar-refractivity contribution in [3.63, 3.8) is 0 Å². The maximum atomic E-state index is 13.5. The molecule has 120 valence electrons. The van der Waals surface area contributed by atoms with Crippen molar-refractivity contribution in [1.82, 2.24) is 10.3 Å². The van der Waals surface area contributed by atoms with Gasteiger partial charge in [-0.3, -0.25) is 14.6 Å². The second-order valence-corrected chi connectivity index (χ2v) is 4.97. The summed E-state index contributed by atoms with van der Waals surface area (Å²) in [5.41, 5.74) is 0.461. The maximum Gasteiger partial charge on any atom is 0.274 e. The molecule has 0 radical (unpaired) electrons. The van der Waals surface area contributed by atoms with E-state index in [1.54, 1.807) is 6.07 Å². The van der Waals surface area contributed by atoms with Crippen molar-refractivity contribution in [1.29, 1.82) is 0 Å². The van der Waals surface area contributed by atoms with Gasteiger partial charge in [-0.05, 0) is 30.7 Å². The molecule has 0 atom stereocenters. The van der Waals surface area contributed by atoms with Gasteiger partial charge in [-0.1, -0.05) is 25.5 Å². The molecule has 0 aliphatic rings. The number of carbonyl (C=O) groups is 2. The molecule has 2 amide bonds. The lowest BCUT2D eigenvalue weighted by molar-refractivity contribution is 0.0953. The molecule has 0 spiro atoms. The van der Waals surface area contributed by atoms with Crippen LogP contribution in [0.4, 0.5) is 10.1 Å². The van der Waals surface area contributed by atoms with E-state index >= 15 is 0 Å². The second kappa shape index (κ2) is 8.03. The first-order valence-corrected chi connectivity index (χ1v) is 7.42. The Balaban J connectivity index is 2.08. The van der Waals surface area contributed by atoms with E-state index in [0.717, 1.165) is 12.8 Å². The number of benzene rings is 1. The number of unbranched alkanes of at least 4 members (excludes halogenated alkanes) is 1. The van der Waals surface area contributed by atoms with Crippen molar-refractivity contribution >= 4 is 17.5 Å². The van der Waals surface area contributed by atoms with Gasteiger partial charge in [0.1, 0.15) is 11.5 Å². The van der Waals surface area contributed by atoms with E-state index in [1.165, 1.54) is 36.5 Å². The number of nitrogens with one attached hydrogen (secondary N) is 2. The number of anilines is 1. The van der Waals surface area contributed by atoms with Crippen LogP contribution in [0, 0.1) is 5.82 Å². The smallest absolute Gasteiger partial charge is 0.274 e. The Labute approximate surface area is 133 Å². The summed E-state index contributed by atoms with van der Waals surface area (Å²) in [4.78, 5) is 28.0. The number of pyridine rings is 1. The van der Waals surface area contributed by atoms with Crippen LogP contribution in [0.3, 0.4) is 0 Å². The van der Waals surface area contributed by atoms with Gasteiger partial charge in [0.05, 0.1) is 5.69 Å². The molecule has 0 aliphatic carbocycles. The zero-order valence-corrected chi connectivity index (χ0v) is 12.8. The van der Waals surface area contributed by atoms with Crippen LogP contribution in [0.5, 0.6) is 0 Å². The maximum absolute atomic E-state index is 13.5. The van der Waals surface area contributed by atoms with Gasteiger partial charge in [0.25, 0.3) is 11.8 Å². The molecule has 1 heterocycles. The van der Waals surface area contributed by atoms with Crippen molar-refractivity contribution in [2.24, 2.45) is 0 Å². The van der Waals surface area contributed by atoms with E-state index in [1.807, 2.05) is 6.92 Å². The van der Waals surface area contributed by atoms with Gasteiger partial charge in [0.2, 0.25) is 0 Å². The average molecular weight is 315 g/mol. The van der Waals surface area contributed by atoms with E-state index in [0.29, 0.717) is 12.1 Å². The zero-order chi connectivity index (χ0) is 16.7. The van der Waals surface area contributed by atoms with Gasteiger partial charge in [-0.15, -0.1) is 0 Å². The fraction of sp³-hybridized carbons (Fsp3) is 0.235. The van der Waals surface area contributed by atoms with E-state index in [4.69, 9.17) is 0 Å². The zero-order valence-electron chi connectivity index (χ0n) is 12.8. The SMILES string of the molecule is CCCCNC(=O)c1ccnc(C(=O)Nc2ccccc2F)c1. The number of hydrogen-bond acceptors (Lipinski definition) is 3. The van der Waals surface area contributed by atoms with Gasteiger partial charge in [0, 0.05) is 18.3 Å². The number of aromatic nitrogens is 1. The molecule has 23 heavy (non-hydrogen) atoms. The number of nitrogens with zero attached hydrogens (tertiary/aromatic N) is 1. The minimum absolute atomic E-state index is 0.0522. The van der Waals surface area contributed by atoms with Crippen LogP contribution in [0.25, 0.3) is 0 Å². The molecule has 5 nitrogen and oxygen atoms in total.